The highest BCUT2D eigenvalue weighted by Gasteiger charge is 2.11. The summed E-state index contributed by atoms with van der Waals surface area (Å²) in [6, 6.07) is 11.9. The first-order valence-corrected chi connectivity index (χ1v) is 8.76. The average molecular weight is 399 g/mol. The van der Waals surface area contributed by atoms with E-state index in [1.165, 1.54) is 0 Å². The fourth-order valence-corrected chi connectivity index (χ4v) is 3.01. The van der Waals surface area contributed by atoms with Crippen LogP contribution in [0.15, 0.2) is 40.9 Å². The monoisotopic (exact) mass is 397 g/mol. The Bertz CT molecular complexity index is 649. The Morgan fingerprint density at radius 1 is 1.17 bits per heavy atom. The normalized spacial score (nSPS) is 10.6. The van der Waals surface area contributed by atoms with Crippen LogP contribution in [0.1, 0.15) is 24.5 Å². The van der Waals surface area contributed by atoms with Crippen molar-refractivity contribution in [3.05, 3.63) is 57.0 Å². The molecule has 2 aromatic rings. The van der Waals surface area contributed by atoms with Crippen LogP contribution in [-0.2, 0) is 13.1 Å². The molecule has 0 amide bonds. The van der Waals surface area contributed by atoms with E-state index in [-0.39, 0.29) is 0 Å². The molecule has 1 N–H and O–H groups in total. The molecule has 3 nitrogen and oxygen atoms in total. The molecule has 2 rings (SSSR count). The van der Waals surface area contributed by atoms with Crippen LogP contribution >= 0.6 is 27.5 Å². The van der Waals surface area contributed by atoms with Crippen molar-refractivity contribution < 1.29 is 9.47 Å². The minimum absolute atomic E-state index is 0.666. The number of nitrogens with one attached hydrogen (secondary N) is 1. The van der Waals surface area contributed by atoms with Crippen LogP contribution in [0.25, 0.3) is 0 Å². The van der Waals surface area contributed by atoms with Crippen molar-refractivity contribution in [2.45, 2.75) is 26.4 Å². The predicted molar refractivity (Wildman–Crippen MR) is 98.5 cm³/mol. The van der Waals surface area contributed by atoms with Gasteiger partial charge < -0.3 is 14.8 Å². The molecular formula is C18H21BrClNO2. The Kier molecular flexibility index (Phi) is 7.21. The second-order valence-electron chi connectivity index (χ2n) is 5.15. The summed E-state index contributed by atoms with van der Waals surface area (Å²) in [4.78, 5) is 0. The van der Waals surface area contributed by atoms with E-state index in [4.69, 9.17) is 21.1 Å². The quantitative estimate of drug-likeness (QED) is 0.664. The van der Waals surface area contributed by atoms with Gasteiger partial charge in [0.1, 0.15) is 0 Å². The van der Waals surface area contributed by atoms with Crippen LogP contribution in [0.2, 0.25) is 5.02 Å². The smallest absolute Gasteiger partial charge is 0.175 e. The van der Waals surface area contributed by atoms with Crippen molar-refractivity contribution in [3.63, 3.8) is 0 Å². The molecule has 2 aromatic carbocycles. The van der Waals surface area contributed by atoms with Crippen molar-refractivity contribution >= 4 is 27.5 Å². The lowest BCUT2D eigenvalue weighted by molar-refractivity contribution is 0.292. The van der Waals surface area contributed by atoms with Gasteiger partial charge in [0.05, 0.1) is 18.2 Å². The largest absolute Gasteiger partial charge is 0.493 e. The van der Waals surface area contributed by atoms with Crippen molar-refractivity contribution in [1.82, 2.24) is 5.32 Å². The molecule has 0 fully saturated rings. The molecule has 0 aromatic heterocycles. The molecule has 0 saturated carbocycles. The second kappa shape index (κ2) is 9.16. The van der Waals surface area contributed by atoms with E-state index in [2.05, 4.69) is 28.2 Å². The maximum Gasteiger partial charge on any atom is 0.175 e. The molecule has 0 heterocycles. The van der Waals surface area contributed by atoms with Crippen LogP contribution in [-0.4, -0.2) is 13.7 Å². The molecule has 0 aliphatic rings. The van der Waals surface area contributed by atoms with Gasteiger partial charge in [0.25, 0.3) is 0 Å². The first kappa shape index (κ1) is 18.1. The molecule has 0 spiro atoms. The van der Waals surface area contributed by atoms with E-state index in [0.717, 1.165) is 38.5 Å². The molecule has 0 atom stereocenters. The highest BCUT2D eigenvalue weighted by molar-refractivity contribution is 9.10. The Morgan fingerprint density at radius 2 is 1.96 bits per heavy atom. The molecule has 0 aliphatic heterocycles. The maximum absolute atomic E-state index is 6.16. The topological polar surface area (TPSA) is 30.5 Å². The number of methoxy groups -OCH3 is 1. The molecule has 0 unspecified atom stereocenters. The van der Waals surface area contributed by atoms with E-state index in [1.807, 2.05) is 36.4 Å². The van der Waals surface area contributed by atoms with Gasteiger partial charge in [-0.3, -0.25) is 0 Å². The van der Waals surface area contributed by atoms with Crippen molar-refractivity contribution in [1.29, 1.82) is 0 Å². The van der Waals surface area contributed by atoms with E-state index < -0.39 is 0 Å². The van der Waals surface area contributed by atoms with Crippen LogP contribution in [0.5, 0.6) is 11.5 Å². The first-order chi connectivity index (χ1) is 11.2. The lowest BCUT2D eigenvalue weighted by Gasteiger charge is -2.14. The minimum Gasteiger partial charge on any atom is -0.493 e. The Balaban J connectivity index is 2.03. The third-order valence-electron chi connectivity index (χ3n) is 3.34. The van der Waals surface area contributed by atoms with Gasteiger partial charge in [-0.1, -0.05) is 36.7 Å². The molecule has 124 valence electrons. The van der Waals surface area contributed by atoms with Gasteiger partial charge in [0.2, 0.25) is 0 Å². The molecular weight excluding hydrogens is 378 g/mol. The van der Waals surface area contributed by atoms with Crippen LogP contribution in [0.3, 0.4) is 0 Å². The first-order valence-electron chi connectivity index (χ1n) is 7.59. The van der Waals surface area contributed by atoms with Crippen LogP contribution in [0, 0.1) is 0 Å². The Morgan fingerprint density at radius 3 is 2.65 bits per heavy atom. The Labute approximate surface area is 151 Å². The molecule has 0 radical (unpaired) electrons. The van der Waals surface area contributed by atoms with Gasteiger partial charge in [0, 0.05) is 18.1 Å². The van der Waals surface area contributed by atoms with Gasteiger partial charge in [0.15, 0.2) is 11.5 Å². The fraction of sp³-hybridized carbons (Fsp3) is 0.333. The van der Waals surface area contributed by atoms with Gasteiger partial charge in [-0.15, -0.1) is 0 Å². The summed E-state index contributed by atoms with van der Waals surface area (Å²) in [6.45, 7) is 4.17. The summed E-state index contributed by atoms with van der Waals surface area (Å²) in [5.41, 5.74) is 2.20. The minimum atomic E-state index is 0.666. The van der Waals surface area contributed by atoms with Gasteiger partial charge >= 0.3 is 0 Å². The summed E-state index contributed by atoms with van der Waals surface area (Å²) in [6.07, 6.45) is 0.955. The molecule has 23 heavy (non-hydrogen) atoms. The molecule has 0 bridgehead atoms. The van der Waals surface area contributed by atoms with E-state index in [0.29, 0.717) is 19.7 Å². The third-order valence-corrected chi connectivity index (χ3v) is 4.30. The lowest BCUT2D eigenvalue weighted by Crippen LogP contribution is -2.13. The predicted octanol–water partition coefficient (Wildman–Crippen LogP) is 5.19. The van der Waals surface area contributed by atoms with Gasteiger partial charge in [-0.2, -0.15) is 0 Å². The molecule has 0 aliphatic carbocycles. The average Bonchev–Trinajstić information content (AvgIpc) is 2.55. The van der Waals surface area contributed by atoms with Crippen LogP contribution < -0.4 is 14.8 Å². The van der Waals surface area contributed by atoms with E-state index in [1.54, 1.807) is 7.11 Å². The van der Waals surface area contributed by atoms with E-state index in [9.17, 15) is 0 Å². The summed E-state index contributed by atoms with van der Waals surface area (Å²) >= 11 is 9.73. The zero-order chi connectivity index (χ0) is 16.7. The number of rotatable bonds is 8. The zero-order valence-corrected chi connectivity index (χ0v) is 15.7. The van der Waals surface area contributed by atoms with E-state index >= 15 is 0 Å². The molecule has 5 heteroatoms. The van der Waals surface area contributed by atoms with Crippen molar-refractivity contribution in [2.75, 3.05) is 13.7 Å². The van der Waals surface area contributed by atoms with Crippen molar-refractivity contribution in [2.24, 2.45) is 0 Å². The highest BCUT2D eigenvalue weighted by atomic mass is 79.9. The standard InChI is InChI=1S/C18H21BrClNO2/c1-3-8-23-18-15(19)9-13(10-17(18)22-2)11-21-12-14-6-4-5-7-16(14)20/h4-7,9-10,21H,3,8,11-12H2,1-2H3. The lowest BCUT2D eigenvalue weighted by atomic mass is 10.2. The molecule has 0 saturated heterocycles. The SMILES string of the molecule is CCCOc1c(Br)cc(CNCc2ccccc2Cl)cc1OC. The third kappa shape index (κ3) is 5.13. The maximum atomic E-state index is 6.16. The number of ether oxygens (including phenoxy) is 2. The summed E-state index contributed by atoms with van der Waals surface area (Å²) in [7, 11) is 1.65. The fourth-order valence-electron chi connectivity index (χ4n) is 2.20. The zero-order valence-electron chi connectivity index (χ0n) is 13.4. The van der Waals surface area contributed by atoms with Crippen molar-refractivity contribution in [3.8, 4) is 11.5 Å². The second-order valence-corrected chi connectivity index (χ2v) is 6.41. The van der Waals surface area contributed by atoms with Gasteiger partial charge in [-0.25, -0.2) is 0 Å². The van der Waals surface area contributed by atoms with Gasteiger partial charge in [-0.05, 0) is 51.7 Å². The highest BCUT2D eigenvalue weighted by Crippen LogP contribution is 2.36. The number of benzene rings is 2. The van der Waals surface area contributed by atoms with Crippen LogP contribution in [0.4, 0.5) is 0 Å². The summed E-state index contributed by atoms with van der Waals surface area (Å²) < 4.78 is 12.1. The number of hydrogen-bond donors (Lipinski definition) is 1. The number of halogens is 2. The number of hydrogen-bond acceptors (Lipinski definition) is 3. The summed E-state index contributed by atoms with van der Waals surface area (Å²) in [5, 5.41) is 4.18. The summed E-state index contributed by atoms with van der Waals surface area (Å²) in [5.74, 6) is 1.49. The Hall–Kier alpha value is -1.23.